The van der Waals surface area contributed by atoms with Crippen molar-refractivity contribution in [1.29, 1.82) is 0 Å². The van der Waals surface area contributed by atoms with Gasteiger partial charge in [0.05, 0.1) is 12.8 Å². The number of benzene rings is 2. The van der Waals surface area contributed by atoms with Gasteiger partial charge in [-0.25, -0.2) is 9.69 Å². The van der Waals surface area contributed by atoms with Gasteiger partial charge in [0.2, 0.25) is 0 Å². The van der Waals surface area contributed by atoms with E-state index in [-0.39, 0.29) is 5.91 Å². The second kappa shape index (κ2) is 8.33. The highest BCUT2D eigenvalue weighted by molar-refractivity contribution is 5.92. The highest BCUT2D eigenvalue weighted by atomic mass is 16.5. The van der Waals surface area contributed by atoms with Crippen LogP contribution in [0.4, 0.5) is 0 Å². The van der Waals surface area contributed by atoms with Crippen LogP contribution in [-0.4, -0.2) is 41.9 Å². The van der Waals surface area contributed by atoms with Crippen LogP contribution in [0.1, 0.15) is 5.56 Å². The first-order chi connectivity index (χ1) is 13.1. The van der Waals surface area contributed by atoms with Crippen LogP contribution in [0.25, 0.3) is 23.0 Å². The van der Waals surface area contributed by atoms with E-state index in [1.54, 1.807) is 37.0 Å². The first-order valence-electron chi connectivity index (χ1n) is 8.53. The zero-order valence-corrected chi connectivity index (χ0v) is 15.6. The Bertz CT molecular complexity index is 946. The Morgan fingerprint density at radius 3 is 2.52 bits per heavy atom. The summed E-state index contributed by atoms with van der Waals surface area (Å²) in [5.41, 5.74) is 6.05. The summed E-state index contributed by atoms with van der Waals surface area (Å²) in [6.45, 7) is 0. The smallest absolute Gasteiger partial charge is 0.258 e. The van der Waals surface area contributed by atoms with Crippen LogP contribution in [0.15, 0.2) is 66.9 Å². The van der Waals surface area contributed by atoms with Crippen molar-refractivity contribution in [3.8, 4) is 22.7 Å². The normalized spacial score (nSPS) is 11.1. The van der Waals surface area contributed by atoms with Crippen molar-refractivity contribution in [2.75, 3.05) is 21.2 Å². The van der Waals surface area contributed by atoms with Gasteiger partial charge < -0.3 is 4.74 Å². The Balaban J connectivity index is 2.06. The Labute approximate surface area is 158 Å². The lowest BCUT2D eigenvalue weighted by molar-refractivity contribution is -0.119. The maximum atomic E-state index is 12.0. The molecule has 6 nitrogen and oxygen atoms in total. The van der Waals surface area contributed by atoms with Gasteiger partial charge in [0.25, 0.3) is 5.91 Å². The lowest BCUT2D eigenvalue weighted by atomic mass is 10.1. The van der Waals surface area contributed by atoms with Crippen molar-refractivity contribution in [3.05, 3.63) is 72.4 Å². The summed E-state index contributed by atoms with van der Waals surface area (Å²) in [5.74, 6) is 0.515. The van der Waals surface area contributed by atoms with Crippen molar-refractivity contribution < 1.29 is 9.53 Å². The van der Waals surface area contributed by atoms with E-state index in [2.05, 4.69) is 5.43 Å². The van der Waals surface area contributed by atoms with Gasteiger partial charge >= 0.3 is 0 Å². The van der Waals surface area contributed by atoms with Gasteiger partial charge in [-0.1, -0.05) is 30.3 Å². The number of amides is 1. The number of carbonyl (C=O) groups is 1. The number of methoxy groups -OCH3 is 1. The third kappa shape index (κ3) is 4.43. The topological polar surface area (TPSA) is 59.4 Å². The second-order valence-corrected chi connectivity index (χ2v) is 6.12. The van der Waals surface area contributed by atoms with Crippen LogP contribution in [0.3, 0.4) is 0 Å². The van der Waals surface area contributed by atoms with Gasteiger partial charge in [-0.2, -0.15) is 5.10 Å². The number of nitrogens with one attached hydrogen (secondary N) is 1. The lowest BCUT2D eigenvalue weighted by Crippen LogP contribution is -2.34. The minimum Gasteiger partial charge on any atom is -0.496 e. The summed E-state index contributed by atoms with van der Waals surface area (Å²) in [6.07, 6.45) is 5.15. The number of carbonyl (C=O) groups excluding carboxylic acids is 1. The highest BCUT2D eigenvalue weighted by Gasteiger charge is 2.14. The summed E-state index contributed by atoms with van der Waals surface area (Å²) in [7, 11) is 5.16. The first-order valence-corrected chi connectivity index (χ1v) is 8.53. The lowest BCUT2D eigenvalue weighted by Gasteiger charge is -2.09. The number of hydrazine groups is 1. The van der Waals surface area contributed by atoms with Crippen LogP contribution in [-0.2, 0) is 4.79 Å². The van der Waals surface area contributed by atoms with E-state index in [1.165, 1.54) is 6.08 Å². The molecule has 27 heavy (non-hydrogen) atoms. The highest BCUT2D eigenvalue weighted by Crippen LogP contribution is 2.32. The molecule has 3 aromatic rings. The van der Waals surface area contributed by atoms with Crippen molar-refractivity contribution >= 4 is 12.0 Å². The SMILES string of the molecule is COc1ccccc1-c1nn(-c2ccccc2)cc1/C=C/C(=O)NN(C)C. The molecule has 0 unspecified atom stereocenters. The molecule has 3 rings (SSSR count). The molecule has 0 aliphatic carbocycles. The molecule has 0 spiro atoms. The van der Waals surface area contributed by atoms with Gasteiger partial charge in [0.1, 0.15) is 11.4 Å². The second-order valence-electron chi connectivity index (χ2n) is 6.12. The number of rotatable bonds is 6. The molecule has 1 heterocycles. The van der Waals surface area contributed by atoms with Gasteiger partial charge in [-0.05, 0) is 30.3 Å². The van der Waals surface area contributed by atoms with Crippen LogP contribution in [0.5, 0.6) is 5.75 Å². The molecular weight excluding hydrogens is 340 g/mol. The minimum atomic E-state index is -0.210. The standard InChI is InChI=1S/C21H22N4O2/c1-24(2)22-20(26)14-13-16-15-25(17-9-5-4-6-10-17)23-21(16)18-11-7-8-12-19(18)27-3/h4-15H,1-3H3,(H,22,26)/b14-13+. The number of aromatic nitrogens is 2. The van der Waals surface area contributed by atoms with E-state index in [1.807, 2.05) is 60.8 Å². The molecule has 6 heteroatoms. The Kier molecular flexibility index (Phi) is 5.68. The molecule has 0 saturated carbocycles. The van der Waals surface area contributed by atoms with Crippen LogP contribution in [0, 0.1) is 0 Å². The van der Waals surface area contributed by atoms with Gasteiger partial charge in [0.15, 0.2) is 0 Å². The summed E-state index contributed by atoms with van der Waals surface area (Å²) in [5, 5.41) is 6.34. The van der Waals surface area contributed by atoms with Crippen molar-refractivity contribution in [1.82, 2.24) is 20.2 Å². The molecule has 0 aliphatic heterocycles. The molecule has 1 aromatic heterocycles. The predicted molar refractivity (Wildman–Crippen MR) is 106 cm³/mol. The number of ether oxygens (including phenoxy) is 1. The third-order valence-corrected chi connectivity index (χ3v) is 3.87. The summed E-state index contributed by atoms with van der Waals surface area (Å²) in [6, 6.07) is 17.5. The molecule has 1 N–H and O–H groups in total. The predicted octanol–water partition coefficient (Wildman–Crippen LogP) is 3.15. The average Bonchev–Trinajstić information content (AvgIpc) is 3.10. The third-order valence-electron chi connectivity index (χ3n) is 3.87. The van der Waals surface area contributed by atoms with Crippen molar-refractivity contribution in [2.24, 2.45) is 0 Å². The van der Waals surface area contributed by atoms with E-state index < -0.39 is 0 Å². The van der Waals surface area contributed by atoms with E-state index in [0.717, 1.165) is 28.3 Å². The van der Waals surface area contributed by atoms with Crippen LogP contribution in [0.2, 0.25) is 0 Å². The van der Waals surface area contributed by atoms with E-state index in [9.17, 15) is 4.79 Å². The molecule has 0 aliphatic rings. The maximum absolute atomic E-state index is 12.0. The van der Waals surface area contributed by atoms with E-state index in [4.69, 9.17) is 9.84 Å². The summed E-state index contributed by atoms with van der Waals surface area (Å²) >= 11 is 0. The molecule has 2 aromatic carbocycles. The zero-order chi connectivity index (χ0) is 19.2. The molecule has 0 atom stereocenters. The number of hydrogen-bond donors (Lipinski definition) is 1. The number of para-hydroxylation sites is 2. The van der Waals surface area contributed by atoms with Gasteiger partial charge in [-0.3, -0.25) is 10.2 Å². The Hall–Kier alpha value is -3.38. The molecule has 0 bridgehead atoms. The van der Waals surface area contributed by atoms with Crippen LogP contribution < -0.4 is 10.2 Å². The average molecular weight is 362 g/mol. The maximum Gasteiger partial charge on any atom is 0.258 e. The fourth-order valence-corrected chi connectivity index (χ4v) is 2.69. The zero-order valence-electron chi connectivity index (χ0n) is 15.6. The molecule has 1 amide bonds. The number of hydrogen-bond acceptors (Lipinski definition) is 4. The Morgan fingerprint density at radius 2 is 1.81 bits per heavy atom. The fraction of sp³-hybridized carbons (Fsp3) is 0.143. The quantitative estimate of drug-likeness (QED) is 0.541. The van der Waals surface area contributed by atoms with Crippen molar-refractivity contribution in [3.63, 3.8) is 0 Å². The Morgan fingerprint density at radius 1 is 1.11 bits per heavy atom. The summed E-state index contributed by atoms with van der Waals surface area (Å²) in [4.78, 5) is 12.0. The number of nitrogens with zero attached hydrogens (tertiary/aromatic N) is 3. The largest absolute Gasteiger partial charge is 0.496 e. The molecule has 0 saturated heterocycles. The van der Waals surface area contributed by atoms with Crippen LogP contribution >= 0.6 is 0 Å². The molecule has 138 valence electrons. The first kappa shape index (κ1) is 18.4. The summed E-state index contributed by atoms with van der Waals surface area (Å²) < 4.78 is 7.29. The monoisotopic (exact) mass is 362 g/mol. The molecule has 0 radical (unpaired) electrons. The van der Waals surface area contributed by atoms with Crippen molar-refractivity contribution in [2.45, 2.75) is 0 Å². The molecule has 0 fully saturated rings. The minimum absolute atomic E-state index is 0.210. The van der Waals surface area contributed by atoms with E-state index in [0.29, 0.717) is 0 Å². The van der Waals surface area contributed by atoms with E-state index >= 15 is 0 Å². The fourth-order valence-electron chi connectivity index (χ4n) is 2.69. The van der Waals surface area contributed by atoms with Gasteiger partial charge in [-0.15, -0.1) is 0 Å². The molecular formula is C21H22N4O2. The van der Waals surface area contributed by atoms with Gasteiger partial charge in [0, 0.05) is 37.5 Å².